The van der Waals surface area contributed by atoms with Crippen molar-refractivity contribution in [3.8, 4) is 11.5 Å². The van der Waals surface area contributed by atoms with Gasteiger partial charge in [-0.25, -0.2) is 4.98 Å². The molecule has 138 valence electrons. The van der Waals surface area contributed by atoms with Crippen LogP contribution in [-0.2, 0) is 9.59 Å². The normalized spacial score (nSPS) is 17.0. The van der Waals surface area contributed by atoms with E-state index in [4.69, 9.17) is 21.7 Å². The topological polar surface area (TPSA) is 80.8 Å². The number of rotatable bonds is 5. The summed E-state index contributed by atoms with van der Waals surface area (Å²) >= 11 is 7.86. The molecule has 27 heavy (non-hydrogen) atoms. The number of benzene rings is 1. The lowest BCUT2D eigenvalue weighted by molar-refractivity contribution is -0.122. The molecule has 1 aromatic heterocycles. The molecule has 2 amide bonds. The summed E-state index contributed by atoms with van der Waals surface area (Å²) in [4.78, 5) is 30.6. The first-order valence-corrected chi connectivity index (χ1v) is 10.0. The maximum absolute atomic E-state index is 12.6. The van der Waals surface area contributed by atoms with Gasteiger partial charge in [0.1, 0.15) is 4.32 Å². The van der Waals surface area contributed by atoms with Gasteiger partial charge in [0.15, 0.2) is 16.6 Å². The van der Waals surface area contributed by atoms with E-state index >= 15 is 0 Å². The Morgan fingerprint density at radius 2 is 2.22 bits per heavy atom. The van der Waals surface area contributed by atoms with E-state index in [0.717, 1.165) is 5.56 Å². The number of aromatic nitrogens is 1. The quantitative estimate of drug-likeness (QED) is 0.589. The average Bonchev–Trinajstić information content (AvgIpc) is 3.36. The number of amides is 2. The van der Waals surface area contributed by atoms with Gasteiger partial charge in [-0.1, -0.05) is 30.0 Å². The highest BCUT2D eigenvalue weighted by Crippen LogP contribution is 2.36. The molecular formula is C17H13N3O4S3. The van der Waals surface area contributed by atoms with Crippen LogP contribution in [0.2, 0.25) is 0 Å². The van der Waals surface area contributed by atoms with Crippen LogP contribution in [0.25, 0.3) is 6.08 Å². The number of thioether (sulfide) groups is 1. The fourth-order valence-corrected chi connectivity index (χ4v) is 4.38. The molecule has 0 bridgehead atoms. The number of thiocarbonyl (C=S) groups is 1. The minimum Gasteiger partial charge on any atom is -0.454 e. The van der Waals surface area contributed by atoms with Gasteiger partial charge in [-0.15, -0.1) is 11.3 Å². The van der Waals surface area contributed by atoms with E-state index in [1.165, 1.54) is 28.0 Å². The van der Waals surface area contributed by atoms with Gasteiger partial charge in [-0.05, 0) is 23.8 Å². The fraction of sp³-hybridized carbons (Fsp3) is 0.176. The SMILES string of the molecule is O=C(CCN1C(=O)C(=Cc2ccc3c(c2)OCO3)SC1=S)Nc1nccs1. The highest BCUT2D eigenvalue weighted by Gasteiger charge is 2.32. The smallest absolute Gasteiger partial charge is 0.266 e. The molecule has 7 nitrogen and oxygen atoms in total. The molecule has 0 aliphatic carbocycles. The molecule has 0 saturated carbocycles. The second kappa shape index (κ2) is 7.67. The van der Waals surface area contributed by atoms with Gasteiger partial charge in [-0.3, -0.25) is 14.5 Å². The summed E-state index contributed by atoms with van der Waals surface area (Å²) < 4.78 is 11.1. The third-order valence-electron chi connectivity index (χ3n) is 3.81. The fourth-order valence-electron chi connectivity index (χ4n) is 2.53. The van der Waals surface area contributed by atoms with Crippen LogP contribution >= 0.6 is 35.3 Å². The molecule has 4 rings (SSSR count). The van der Waals surface area contributed by atoms with Gasteiger partial charge >= 0.3 is 0 Å². The summed E-state index contributed by atoms with van der Waals surface area (Å²) in [5, 5.41) is 5.00. The molecule has 2 aliphatic heterocycles. The zero-order valence-electron chi connectivity index (χ0n) is 13.8. The number of carbonyl (C=O) groups is 2. The summed E-state index contributed by atoms with van der Waals surface area (Å²) in [5.41, 5.74) is 0.821. The monoisotopic (exact) mass is 419 g/mol. The Bertz CT molecular complexity index is 943. The first kappa shape index (κ1) is 18.0. The number of hydrogen-bond acceptors (Lipinski definition) is 8. The Kier molecular flexibility index (Phi) is 5.10. The zero-order chi connectivity index (χ0) is 18.8. The maximum Gasteiger partial charge on any atom is 0.266 e. The van der Waals surface area contributed by atoms with Crippen molar-refractivity contribution >= 4 is 62.7 Å². The van der Waals surface area contributed by atoms with Gasteiger partial charge < -0.3 is 14.8 Å². The van der Waals surface area contributed by atoms with Gasteiger partial charge in [0.05, 0.1) is 4.91 Å². The molecule has 1 N–H and O–H groups in total. The lowest BCUT2D eigenvalue weighted by atomic mass is 10.2. The van der Waals surface area contributed by atoms with Gasteiger partial charge in [-0.2, -0.15) is 0 Å². The number of nitrogens with one attached hydrogen (secondary N) is 1. The first-order valence-electron chi connectivity index (χ1n) is 7.94. The predicted molar refractivity (Wildman–Crippen MR) is 108 cm³/mol. The molecule has 0 spiro atoms. The second-order valence-electron chi connectivity index (χ2n) is 5.58. The number of hydrogen-bond donors (Lipinski definition) is 1. The molecule has 10 heteroatoms. The lowest BCUT2D eigenvalue weighted by Gasteiger charge is -2.13. The van der Waals surface area contributed by atoms with Crippen LogP contribution in [0.4, 0.5) is 5.13 Å². The van der Waals surface area contributed by atoms with Crippen molar-refractivity contribution in [1.29, 1.82) is 0 Å². The van der Waals surface area contributed by atoms with Crippen molar-refractivity contribution in [2.75, 3.05) is 18.7 Å². The molecule has 0 atom stereocenters. The summed E-state index contributed by atoms with van der Waals surface area (Å²) in [7, 11) is 0. The number of anilines is 1. The van der Waals surface area contributed by atoms with Crippen LogP contribution in [0, 0.1) is 0 Å². The van der Waals surface area contributed by atoms with Crippen LogP contribution in [0.5, 0.6) is 11.5 Å². The summed E-state index contributed by atoms with van der Waals surface area (Å²) in [6, 6.07) is 5.47. The van der Waals surface area contributed by atoms with Gasteiger partial charge in [0.2, 0.25) is 12.7 Å². The van der Waals surface area contributed by atoms with Crippen molar-refractivity contribution in [2.45, 2.75) is 6.42 Å². The minimum atomic E-state index is -0.209. The number of ether oxygens (including phenoxy) is 2. The third kappa shape index (κ3) is 3.97. The van der Waals surface area contributed by atoms with E-state index in [1.54, 1.807) is 23.7 Å². The van der Waals surface area contributed by atoms with E-state index in [1.807, 2.05) is 12.1 Å². The van der Waals surface area contributed by atoms with Crippen molar-refractivity contribution < 1.29 is 19.1 Å². The minimum absolute atomic E-state index is 0.142. The second-order valence-corrected chi connectivity index (χ2v) is 8.15. The third-order valence-corrected chi connectivity index (χ3v) is 5.88. The van der Waals surface area contributed by atoms with Crippen molar-refractivity contribution in [1.82, 2.24) is 9.88 Å². The van der Waals surface area contributed by atoms with E-state index in [-0.39, 0.29) is 31.6 Å². The zero-order valence-corrected chi connectivity index (χ0v) is 16.3. The maximum atomic E-state index is 12.6. The van der Waals surface area contributed by atoms with Crippen LogP contribution in [-0.4, -0.2) is 39.4 Å². The predicted octanol–water partition coefficient (Wildman–Crippen LogP) is 3.10. The highest BCUT2D eigenvalue weighted by molar-refractivity contribution is 8.26. The van der Waals surface area contributed by atoms with Crippen LogP contribution in [0.15, 0.2) is 34.7 Å². The molecule has 0 unspecified atom stereocenters. The van der Waals surface area contributed by atoms with Crippen molar-refractivity contribution in [3.05, 3.63) is 40.2 Å². The Balaban J connectivity index is 1.40. The molecule has 0 radical (unpaired) electrons. The molecule has 2 aliphatic rings. The molecule has 2 aromatic rings. The Labute approximate surface area is 168 Å². The van der Waals surface area contributed by atoms with Crippen molar-refractivity contribution in [3.63, 3.8) is 0 Å². The average molecular weight is 420 g/mol. The van der Waals surface area contributed by atoms with E-state index in [9.17, 15) is 9.59 Å². The number of thiazole rings is 1. The Hall–Kier alpha value is -2.43. The van der Waals surface area contributed by atoms with Gasteiger partial charge in [0.25, 0.3) is 5.91 Å². The van der Waals surface area contributed by atoms with Crippen molar-refractivity contribution in [2.24, 2.45) is 0 Å². The highest BCUT2D eigenvalue weighted by atomic mass is 32.2. The standard InChI is InChI=1S/C17H13N3O4S3/c21-14(19-16-18-4-6-26-16)3-5-20-15(22)13(27-17(20)25)8-10-1-2-11-12(7-10)24-9-23-11/h1-2,4,6-8H,3,5,9H2,(H,18,19,21). The van der Waals surface area contributed by atoms with Crippen LogP contribution in [0.3, 0.4) is 0 Å². The summed E-state index contributed by atoms with van der Waals surface area (Å²) in [5.74, 6) is 0.924. The number of fused-ring (bicyclic) bond motifs is 1. The molecule has 3 heterocycles. The van der Waals surface area contributed by atoms with E-state index < -0.39 is 0 Å². The molecule has 1 saturated heterocycles. The Morgan fingerprint density at radius 3 is 3.04 bits per heavy atom. The number of nitrogens with zero attached hydrogens (tertiary/aromatic N) is 2. The van der Waals surface area contributed by atoms with Crippen LogP contribution < -0.4 is 14.8 Å². The number of carbonyl (C=O) groups excluding carboxylic acids is 2. The summed E-state index contributed by atoms with van der Waals surface area (Å²) in [6.07, 6.45) is 3.52. The Morgan fingerprint density at radius 1 is 1.37 bits per heavy atom. The lowest BCUT2D eigenvalue weighted by Crippen LogP contribution is -2.31. The molecular weight excluding hydrogens is 406 g/mol. The largest absolute Gasteiger partial charge is 0.454 e. The summed E-state index contributed by atoms with van der Waals surface area (Å²) in [6.45, 7) is 0.421. The van der Waals surface area contributed by atoms with Gasteiger partial charge in [0, 0.05) is 24.5 Å². The molecule has 1 aromatic carbocycles. The van der Waals surface area contributed by atoms with E-state index in [0.29, 0.717) is 25.9 Å². The molecule has 1 fully saturated rings. The van der Waals surface area contributed by atoms with Crippen LogP contribution in [0.1, 0.15) is 12.0 Å². The van der Waals surface area contributed by atoms with E-state index in [2.05, 4.69) is 10.3 Å². The first-order chi connectivity index (χ1) is 13.1.